The van der Waals surface area contributed by atoms with Gasteiger partial charge in [0.2, 0.25) is 0 Å². The predicted molar refractivity (Wildman–Crippen MR) is 75.3 cm³/mol. The molecule has 0 N–H and O–H groups in total. The fourth-order valence-corrected chi connectivity index (χ4v) is 2.19. The summed E-state index contributed by atoms with van der Waals surface area (Å²) in [6.45, 7) is 2.30. The van der Waals surface area contributed by atoms with Crippen molar-refractivity contribution in [2.24, 2.45) is 0 Å². The van der Waals surface area contributed by atoms with Gasteiger partial charge in [0.15, 0.2) is 0 Å². The van der Waals surface area contributed by atoms with E-state index in [9.17, 15) is 9.59 Å². The lowest BCUT2D eigenvalue weighted by Gasteiger charge is -2.11. The Balaban J connectivity index is 2.04. The van der Waals surface area contributed by atoms with Gasteiger partial charge in [-0.2, -0.15) is 0 Å². The van der Waals surface area contributed by atoms with Gasteiger partial charge in [0.25, 0.3) is 5.56 Å². The van der Waals surface area contributed by atoms with Crippen molar-refractivity contribution in [1.29, 1.82) is 0 Å². The van der Waals surface area contributed by atoms with Crippen LogP contribution < -0.4 is 11.2 Å². The molecule has 0 aliphatic heterocycles. The molecular weight excluding hydrogens is 272 g/mol. The molecule has 6 nitrogen and oxygen atoms in total. The van der Waals surface area contributed by atoms with Crippen LogP contribution in [0.2, 0.25) is 0 Å². The van der Waals surface area contributed by atoms with Gasteiger partial charge in [0, 0.05) is 22.9 Å². The van der Waals surface area contributed by atoms with Gasteiger partial charge < -0.3 is 8.83 Å². The molecule has 3 aromatic rings. The molecule has 108 valence electrons. The number of aromatic nitrogens is 2. The fourth-order valence-electron chi connectivity index (χ4n) is 2.19. The third-order valence-corrected chi connectivity index (χ3v) is 3.33. The zero-order valence-corrected chi connectivity index (χ0v) is 11.5. The maximum Gasteiger partial charge on any atom is 0.331 e. The van der Waals surface area contributed by atoms with E-state index in [0.717, 1.165) is 11.1 Å². The number of rotatable bonds is 4. The summed E-state index contributed by atoms with van der Waals surface area (Å²) in [5.74, 6) is 0. The Bertz CT molecular complexity index is 839. The van der Waals surface area contributed by atoms with E-state index in [2.05, 4.69) is 0 Å². The topological polar surface area (TPSA) is 70.3 Å². The molecule has 0 unspecified atom stereocenters. The monoisotopic (exact) mass is 286 g/mol. The van der Waals surface area contributed by atoms with Gasteiger partial charge in [-0.25, -0.2) is 4.79 Å². The summed E-state index contributed by atoms with van der Waals surface area (Å²) in [6, 6.07) is 4.98. The van der Waals surface area contributed by atoms with Gasteiger partial charge in [0.1, 0.15) is 0 Å². The lowest BCUT2D eigenvalue weighted by molar-refractivity contribution is 0.550. The van der Waals surface area contributed by atoms with Crippen molar-refractivity contribution in [1.82, 2.24) is 9.13 Å². The van der Waals surface area contributed by atoms with Crippen molar-refractivity contribution >= 4 is 0 Å². The maximum absolute atomic E-state index is 12.5. The minimum atomic E-state index is -0.345. The Hall–Kier alpha value is -2.76. The van der Waals surface area contributed by atoms with E-state index in [1.165, 1.54) is 23.2 Å². The predicted octanol–water partition coefficient (Wildman–Crippen LogP) is 1.60. The van der Waals surface area contributed by atoms with Crippen LogP contribution in [0.5, 0.6) is 0 Å². The quantitative estimate of drug-likeness (QED) is 0.730. The van der Waals surface area contributed by atoms with E-state index < -0.39 is 0 Å². The molecule has 0 saturated heterocycles. The van der Waals surface area contributed by atoms with Crippen LogP contribution in [0.3, 0.4) is 0 Å². The molecular formula is C15H14N2O4. The van der Waals surface area contributed by atoms with Crippen molar-refractivity contribution in [2.45, 2.75) is 20.0 Å². The zero-order chi connectivity index (χ0) is 14.8. The van der Waals surface area contributed by atoms with Gasteiger partial charge in [-0.15, -0.1) is 0 Å². The highest BCUT2D eigenvalue weighted by molar-refractivity contribution is 5.11. The molecule has 0 aliphatic rings. The first kappa shape index (κ1) is 13.2. The van der Waals surface area contributed by atoms with E-state index in [-0.39, 0.29) is 17.8 Å². The molecule has 21 heavy (non-hydrogen) atoms. The summed E-state index contributed by atoms with van der Waals surface area (Å²) in [5.41, 5.74) is 1.60. The summed E-state index contributed by atoms with van der Waals surface area (Å²) in [6.07, 6.45) is 6.17. The highest BCUT2D eigenvalue weighted by Crippen LogP contribution is 2.04. The fraction of sp³-hybridized carbons (Fsp3) is 0.200. The Morgan fingerprint density at radius 3 is 2.05 bits per heavy atom. The Labute approximate surface area is 119 Å². The molecule has 0 spiro atoms. The average molecular weight is 286 g/mol. The summed E-state index contributed by atoms with van der Waals surface area (Å²) >= 11 is 0. The van der Waals surface area contributed by atoms with Crippen molar-refractivity contribution in [2.75, 3.05) is 0 Å². The Morgan fingerprint density at radius 2 is 1.52 bits per heavy atom. The van der Waals surface area contributed by atoms with E-state index >= 15 is 0 Å². The van der Waals surface area contributed by atoms with Crippen LogP contribution in [0.25, 0.3) is 0 Å². The van der Waals surface area contributed by atoms with Gasteiger partial charge in [-0.1, -0.05) is 0 Å². The molecule has 0 saturated carbocycles. The first-order chi connectivity index (χ1) is 10.1. The number of hydrogen-bond acceptors (Lipinski definition) is 4. The standard InChI is InChI=1S/C15H14N2O4/c1-11-6-14(18)17(8-13-3-5-21-10-13)15(19)16(11)7-12-2-4-20-9-12/h2-6,9-10H,7-8H2,1H3. The van der Waals surface area contributed by atoms with Crippen LogP contribution in [0, 0.1) is 6.92 Å². The van der Waals surface area contributed by atoms with Crippen LogP contribution in [0.15, 0.2) is 61.7 Å². The highest BCUT2D eigenvalue weighted by atomic mass is 16.3. The highest BCUT2D eigenvalue weighted by Gasteiger charge is 2.10. The third-order valence-electron chi connectivity index (χ3n) is 3.33. The maximum atomic E-state index is 12.5. The van der Waals surface area contributed by atoms with E-state index in [1.807, 2.05) is 0 Å². The minimum Gasteiger partial charge on any atom is -0.472 e. The number of nitrogens with zero attached hydrogens (tertiary/aromatic N) is 2. The molecule has 6 heteroatoms. The van der Waals surface area contributed by atoms with Crippen molar-refractivity contribution in [3.63, 3.8) is 0 Å². The SMILES string of the molecule is Cc1cc(=O)n(Cc2ccoc2)c(=O)n1Cc1ccoc1. The van der Waals surface area contributed by atoms with Crippen LogP contribution in [-0.4, -0.2) is 9.13 Å². The second-order valence-corrected chi connectivity index (χ2v) is 4.84. The largest absolute Gasteiger partial charge is 0.472 e. The summed E-state index contributed by atoms with van der Waals surface area (Å²) in [5, 5.41) is 0. The number of furan rings is 2. The molecule has 0 fully saturated rings. The van der Waals surface area contributed by atoms with Crippen molar-refractivity contribution in [3.8, 4) is 0 Å². The first-order valence-electron chi connectivity index (χ1n) is 6.48. The van der Waals surface area contributed by atoms with Gasteiger partial charge >= 0.3 is 5.69 Å². The molecule has 0 amide bonds. The van der Waals surface area contributed by atoms with Crippen LogP contribution in [0.1, 0.15) is 16.8 Å². The molecule has 0 atom stereocenters. The lowest BCUT2D eigenvalue weighted by Crippen LogP contribution is -2.40. The number of aryl methyl sites for hydroxylation is 1. The molecule has 0 aromatic carbocycles. The van der Waals surface area contributed by atoms with Gasteiger partial charge in [-0.3, -0.25) is 13.9 Å². The van der Waals surface area contributed by atoms with Crippen LogP contribution in [-0.2, 0) is 13.1 Å². The molecule has 3 heterocycles. The van der Waals surface area contributed by atoms with E-state index in [1.54, 1.807) is 36.1 Å². The van der Waals surface area contributed by atoms with E-state index in [4.69, 9.17) is 8.83 Å². The molecule has 0 radical (unpaired) electrons. The van der Waals surface area contributed by atoms with E-state index in [0.29, 0.717) is 12.2 Å². The van der Waals surface area contributed by atoms with Crippen LogP contribution >= 0.6 is 0 Å². The Morgan fingerprint density at radius 1 is 0.952 bits per heavy atom. The summed E-state index contributed by atoms with van der Waals surface area (Å²) < 4.78 is 12.7. The van der Waals surface area contributed by atoms with Crippen LogP contribution in [0.4, 0.5) is 0 Å². The third kappa shape index (κ3) is 2.60. The molecule has 0 aliphatic carbocycles. The smallest absolute Gasteiger partial charge is 0.331 e. The molecule has 3 aromatic heterocycles. The molecule has 3 rings (SSSR count). The normalized spacial score (nSPS) is 10.9. The average Bonchev–Trinajstić information content (AvgIpc) is 3.13. The second-order valence-electron chi connectivity index (χ2n) is 4.84. The van der Waals surface area contributed by atoms with Gasteiger partial charge in [-0.05, 0) is 19.1 Å². The lowest BCUT2D eigenvalue weighted by atomic mass is 10.3. The van der Waals surface area contributed by atoms with Gasteiger partial charge in [0.05, 0.1) is 38.1 Å². The first-order valence-corrected chi connectivity index (χ1v) is 6.48. The number of hydrogen-bond donors (Lipinski definition) is 0. The minimum absolute atomic E-state index is 0.194. The Kier molecular flexibility index (Phi) is 3.35. The van der Waals surface area contributed by atoms with Crippen molar-refractivity contribution < 1.29 is 8.83 Å². The second kappa shape index (κ2) is 5.32. The summed E-state index contributed by atoms with van der Waals surface area (Å²) in [4.78, 5) is 24.6. The van der Waals surface area contributed by atoms with Crippen molar-refractivity contribution in [3.05, 3.63) is 80.9 Å². The zero-order valence-electron chi connectivity index (χ0n) is 11.5. The summed E-state index contributed by atoms with van der Waals surface area (Å²) in [7, 11) is 0. The molecule has 0 bridgehead atoms.